The normalized spacial score (nSPS) is 15.4. The second-order valence-electron chi connectivity index (χ2n) is 8.71. The predicted molar refractivity (Wildman–Crippen MR) is 167 cm³/mol. The Morgan fingerprint density at radius 2 is 1.74 bits per heavy atom. The van der Waals surface area contributed by atoms with Gasteiger partial charge in [-0.15, -0.1) is 0 Å². The van der Waals surface area contributed by atoms with E-state index in [1.807, 2.05) is 67.6 Å². The molecule has 39 heavy (non-hydrogen) atoms. The molecule has 0 aromatic heterocycles. The van der Waals surface area contributed by atoms with E-state index in [0.29, 0.717) is 34.7 Å². The minimum Gasteiger partial charge on any atom is -0.497 e. The summed E-state index contributed by atoms with van der Waals surface area (Å²) in [5.74, 6) is 1.98. The van der Waals surface area contributed by atoms with Crippen LogP contribution in [0.15, 0.2) is 88.8 Å². The number of carbonyl (C=O) groups excluding carboxylic acids is 1. The molecule has 1 amide bonds. The maximum Gasteiger partial charge on any atom is 0.266 e. The summed E-state index contributed by atoms with van der Waals surface area (Å²) in [6.07, 6.45) is 1.88. The van der Waals surface area contributed by atoms with Crippen molar-refractivity contribution in [1.29, 1.82) is 0 Å². The van der Waals surface area contributed by atoms with Crippen molar-refractivity contribution in [1.82, 2.24) is 4.90 Å². The highest BCUT2D eigenvalue weighted by molar-refractivity contribution is 14.1. The van der Waals surface area contributed by atoms with Crippen LogP contribution in [0.4, 0.5) is 5.69 Å². The van der Waals surface area contributed by atoms with Gasteiger partial charge in [0.2, 0.25) is 0 Å². The number of fused-ring (bicyclic) bond motifs is 1. The van der Waals surface area contributed by atoms with Crippen LogP contribution < -0.4 is 14.2 Å². The monoisotopic (exact) mass is 650 g/mol. The fourth-order valence-electron chi connectivity index (χ4n) is 4.32. The molecule has 1 saturated heterocycles. The Kier molecular flexibility index (Phi) is 8.42. The Hall–Kier alpha value is -3.50. The number of hydrogen-bond donors (Lipinski definition) is 0. The highest BCUT2D eigenvalue weighted by atomic mass is 127. The average molecular weight is 651 g/mol. The summed E-state index contributed by atoms with van der Waals surface area (Å²) in [5, 5.41) is 2.99. The van der Waals surface area contributed by atoms with Crippen molar-refractivity contribution in [2.75, 3.05) is 20.8 Å². The Morgan fingerprint density at radius 3 is 2.49 bits per heavy atom. The van der Waals surface area contributed by atoms with Crippen molar-refractivity contribution >= 4 is 68.0 Å². The molecule has 1 heterocycles. The lowest BCUT2D eigenvalue weighted by Gasteiger charge is -2.15. The third-order valence-corrected chi connectivity index (χ3v) is 8.11. The van der Waals surface area contributed by atoms with Gasteiger partial charge in [0.25, 0.3) is 5.91 Å². The van der Waals surface area contributed by atoms with Crippen molar-refractivity contribution in [2.24, 2.45) is 4.99 Å². The molecule has 198 valence electrons. The number of nitrogens with zero attached hydrogens (tertiary/aromatic N) is 2. The van der Waals surface area contributed by atoms with Gasteiger partial charge < -0.3 is 14.2 Å². The molecule has 0 spiro atoms. The minimum absolute atomic E-state index is 0.0694. The predicted octanol–water partition coefficient (Wildman–Crippen LogP) is 7.66. The molecular formula is C31H27IN2O4S. The SMILES string of the molecule is CCN1C(=O)/C(=C\c2cc(I)c(OCc3cccc4ccccc34)c(OC)c2)SC1=Nc1ccc(OC)cc1. The van der Waals surface area contributed by atoms with Crippen LogP contribution in [-0.4, -0.2) is 36.7 Å². The Balaban J connectivity index is 1.39. The van der Waals surface area contributed by atoms with E-state index in [0.717, 1.165) is 26.1 Å². The second kappa shape index (κ2) is 12.1. The Morgan fingerprint density at radius 1 is 0.974 bits per heavy atom. The Labute approximate surface area is 245 Å². The molecule has 0 atom stereocenters. The molecular weight excluding hydrogens is 623 g/mol. The number of ether oxygens (including phenoxy) is 3. The summed E-state index contributed by atoms with van der Waals surface area (Å²) >= 11 is 3.62. The lowest BCUT2D eigenvalue weighted by Crippen LogP contribution is -2.28. The van der Waals surface area contributed by atoms with Gasteiger partial charge in [-0.1, -0.05) is 42.5 Å². The molecule has 1 aliphatic heterocycles. The smallest absolute Gasteiger partial charge is 0.266 e. The summed E-state index contributed by atoms with van der Waals surface area (Å²) in [5.41, 5.74) is 2.72. The maximum atomic E-state index is 13.2. The molecule has 5 rings (SSSR count). The van der Waals surface area contributed by atoms with Crippen molar-refractivity contribution < 1.29 is 19.0 Å². The number of aliphatic imine (C=N–C) groups is 1. The number of rotatable bonds is 8. The van der Waals surface area contributed by atoms with Crippen LogP contribution in [0.5, 0.6) is 17.2 Å². The zero-order chi connectivity index (χ0) is 27.4. The van der Waals surface area contributed by atoms with Crippen molar-refractivity contribution in [3.63, 3.8) is 0 Å². The van der Waals surface area contributed by atoms with Crippen molar-refractivity contribution in [3.8, 4) is 17.2 Å². The number of hydrogen-bond acceptors (Lipinski definition) is 6. The van der Waals surface area contributed by atoms with Crippen LogP contribution in [0, 0.1) is 3.57 Å². The molecule has 4 aromatic rings. The lowest BCUT2D eigenvalue weighted by atomic mass is 10.1. The standard InChI is InChI=1S/C31H27IN2O4S/c1-4-34-30(35)28(39-31(34)33-23-12-14-24(36-2)15-13-23)18-20-16-26(32)29(27(17-20)37-3)38-19-22-10-7-9-21-8-5-6-11-25(21)22/h5-18H,4,19H2,1-3H3/b28-18+,33-31?. The molecule has 0 saturated carbocycles. The van der Waals surface area contributed by atoms with Crippen LogP contribution >= 0.6 is 34.4 Å². The highest BCUT2D eigenvalue weighted by Crippen LogP contribution is 2.38. The molecule has 8 heteroatoms. The molecule has 0 N–H and O–H groups in total. The maximum absolute atomic E-state index is 13.2. The molecule has 1 fully saturated rings. The van der Waals surface area contributed by atoms with E-state index in [9.17, 15) is 4.79 Å². The van der Waals surface area contributed by atoms with E-state index in [2.05, 4.69) is 46.9 Å². The number of thioether (sulfide) groups is 1. The first-order chi connectivity index (χ1) is 19.0. The summed E-state index contributed by atoms with van der Waals surface area (Å²) in [6, 6.07) is 25.8. The molecule has 0 bridgehead atoms. The summed E-state index contributed by atoms with van der Waals surface area (Å²) < 4.78 is 18.1. The number of methoxy groups -OCH3 is 2. The van der Waals surface area contributed by atoms with Crippen LogP contribution in [0.2, 0.25) is 0 Å². The number of benzene rings is 4. The second-order valence-corrected chi connectivity index (χ2v) is 10.9. The summed E-state index contributed by atoms with van der Waals surface area (Å²) in [7, 11) is 3.25. The van der Waals surface area contributed by atoms with Crippen LogP contribution in [0.1, 0.15) is 18.1 Å². The molecule has 4 aromatic carbocycles. The molecule has 0 aliphatic carbocycles. The number of halogens is 1. The number of carbonyl (C=O) groups is 1. The molecule has 0 radical (unpaired) electrons. The van der Waals surface area contributed by atoms with Crippen LogP contribution in [-0.2, 0) is 11.4 Å². The lowest BCUT2D eigenvalue weighted by molar-refractivity contribution is -0.122. The summed E-state index contributed by atoms with van der Waals surface area (Å²) in [4.78, 5) is 20.2. The van der Waals surface area contributed by atoms with E-state index < -0.39 is 0 Å². The van der Waals surface area contributed by atoms with E-state index in [-0.39, 0.29) is 5.91 Å². The third kappa shape index (κ3) is 5.91. The number of amides is 1. The van der Waals surface area contributed by atoms with Gasteiger partial charge in [0.05, 0.1) is 28.4 Å². The average Bonchev–Trinajstić information content (AvgIpc) is 3.25. The fourth-order valence-corrected chi connectivity index (χ4v) is 6.16. The number of amidine groups is 1. The van der Waals surface area contributed by atoms with Crippen molar-refractivity contribution in [2.45, 2.75) is 13.5 Å². The van der Waals surface area contributed by atoms with Crippen LogP contribution in [0.25, 0.3) is 16.8 Å². The Bertz CT molecular complexity index is 1580. The topological polar surface area (TPSA) is 60.4 Å². The first-order valence-electron chi connectivity index (χ1n) is 12.4. The van der Waals surface area contributed by atoms with Gasteiger partial charge in [-0.2, -0.15) is 0 Å². The van der Waals surface area contributed by atoms with E-state index in [4.69, 9.17) is 19.2 Å². The molecule has 1 aliphatic rings. The van der Waals surface area contributed by atoms with Crippen molar-refractivity contribution in [3.05, 3.63) is 98.5 Å². The molecule has 0 unspecified atom stereocenters. The zero-order valence-electron chi connectivity index (χ0n) is 21.8. The van der Waals surface area contributed by atoms with E-state index >= 15 is 0 Å². The fraction of sp³-hybridized carbons (Fsp3) is 0.161. The van der Waals surface area contributed by atoms with Gasteiger partial charge >= 0.3 is 0 Å². The van der Waals surface area contributed by atoms with Gasteiger partial charge in [-0.25, -0.2) is 4.99 Å². The van der Waals surface area contributed by atoms with Gasteiger partial charge in [-0.05, 0) is 106 Å². The van der Waals surface area contributed by atoms with Gasteiger partial charge in [0, 0.05) is 6.54 Å². The van der Waals surface area contributed by atoms with Crippen LogP contribution in [0.3, 0.4) is 0 Å². The highest BCUT2D eigenvalue weighted by Gasteiger charge is 2.32. The van der Waals surface area contributed by atoms with Gasteiger partial charge in [-0.3, -0.25) is 9.69 Å². The number of likely N-dealkylation sites (N-methyl/N-ethyl adjacent to an activating group) is 1. The van der Waals surface area contributed by atoms with Gasteiger partial charge in [0.15, 0.2) is 16.7 Å². The van der Waals surface area contributed by atoms with E-state index in [1.165, 1.54) is 22.5 Å². The zero-order valence-corrected chi connectivity index (χ0v) is 24.8. The van der Waals surface area contributed by atoms with Gasteiger partial charge in [0.1, 0.15) is 12.4 Å². The first kappa shape index (κ1) is 27.1. The minimum atomic E-state index is -0.0694. The molecule has 6 nitrogen and oxygen atoms in total. The summed E-state index contributed by atoms with van der Waals surface area (Å²) in [6.45, 7) is 2.89. The third-order valence-electron chi connectivity index (χ3n) is 6.30. The van der Waals surface area contributed by atoms with E-state index in [1.54, 1.807) is 19.1 Å². The quantitative estimate of drug-likeness (QED) is 0.145. The largest absolute Gasteiger partial charge is 0.497 e. The first-order valence-corrected chi connectivity index (χ1v) is 14.3.